The van der Waals surface area contributed by atoms with Gasteiger partial charge in [-0.1, -0.05) is 58.0 Å². The Morgan fingerprint density at radius 1 is 1.10 bits per heavy atom. The number of methoxy groups -OCH3 is 2. The third kappa shape index (κ3) is 4.97. The molecule has 4 nitrogen and oxygen atoms in total. The summed E-state index contributed by atoms with van der Waals surface area (Å²) in [7, 11) is 3.32. The number of rotatable bonds is 6. The summed E-state index contributed by atoms with van der Waals surface area (Å²) < 4.78 is 11.1. The van der Waals surface area contributed by atoms with Crippen molar-refractivity contribution in [2.75, 3.05) is 20.8 Å². The molecule has 30 heavy (non-hydrogen) atoms. The largest absolute Gasteiger partial charge is 0.493 e. The lowest BCUT2D eigenvalue weighted by atomic mass is 9.83. The Morgan fingerprint density at radius 2 is 1.73 bits per heavy atom. The van der Waals surface area contributed by atoms with E-state index >= 15 is 0 Å². The molecule has 2 aromatic carbocycles. The van der Waals surface area contributed by atoms with Gasteiger partial charge in [-0.2, -0.15) is 0 Å². The second kappa shape index (κ2) is 9.11. The van der Waals surface area contributed by atoms with E-state index in [1.165, 1.54) is 5.56 Å². The predicted octanol–water partition coefficient (Wildman–Crippen LogP) is 5.64. The first-order valence-corrected chi connectivity index (χ1v) is 10.8. The fourth-order valence-corrected chi connectivity index (χ4v) is 4.74. The molecular formula is C26H35NO3. The molecule has 1 heterocycles. The lowest BCUT2D eigenvalue weighted by Crippen LogP contribution is -2.41. The Labute approximate surface area is 181 Å². The van der Waals surface area contributed by atoms with Crippen LogP contribution in [-0.4, -0.2) is 31.6 Å². The van der Waals surface area contributed by atoms with E-state index < -0.39 is 0 Å². The second-order valence-electron chi connectivity index (χ2n) is 9.63. The summed E-state index contributed by atoms with van der Waals surface area (Å²) in [6.07, 6.45) is 2.42. The Bertz CT molecular complexity index is 870. The second-order valence-corrected chi connectivity index (χ2v) is 9.63. The van der Waals surface area contributed by atoms with Gasteiger partial charge in [0.15, 0.2) is 11.5 Å². The molecule has 2 aromatic rings. The van der Waals surface area contributed by atoms with Crippen molar-refractivity contribution >= 4 is 5.91 Å². The highest BCUT2D eigenvalue weighted by Crippen LogP contribution is 2.41. The van der Waals surface area contributed by atoms with Gasteiger partial charge >= 0.3 is 0 Å². The SMILES string of the molecule is COc1cc2c(cc1OC)[C@H](c1ccccc1)N(C(=O)C[C@@H](C)CC(C)(C)C)CC2. The van der Waals surface area contributed by atoms with Crippen molar-refractivity contribution in [1.29, 1.82) is 0 Å². The number of hydrogen-bond acceptors (Lipinski definition) is 3. The molecule has 162 valence electrons. The molecule has 1 amide bonds. The molecule has 0 bridgehead atoms. The molecule has 1 aliphatic heterocycles. The zero-order chi connectivity index (χ0) is 21.9. The average molecular weight is 410 g/mol. The van der Waals surface area contributed by atoms with Crippen LogP contribution in [-0.2, 0) is 11.2 Å². The highest BCUT2D eigenvalue weighted by atomic mass is 16.5. The van der Waals surface area contributed by atoms with Gasteiger partial charge in [0, 0.05) is 13.0 Å². The molecule has 0 saturated carbocycles. The number of amides is 1. The fraction of sp³-hybridized carbons (Fsp3) is 0.500. The van der Waals surface area contributed by atoms with Gasteiger partial charge in [-0.3, -0.25) is 4.79 Å². The molecule has 2 atom stereocenters. The first-order valence-electron chi connectivity index (χ1n) is 10.8. The van der Waals surface area contributed by atoms with Crippen molar-refractivity contribution in [2.45, 2.75) is 53.0 Å². The smallest absolute Gasteiger partial charge is 0.223 e. The van der Waals surface area contributed by atoms with Gasteiger partial charge in [-0.05, 0) is 53.0 Å². The van der Waals surface area contributed by atoms with Crippen molar-refractivity contribution in [3.05, 3.63) is 59.2 Å². The maximum atomic E-state index is 13.4. The number of fused-ring (bicyclic) bond motifs is 1. The van der Waals surface area contributed by atoms with Crippen molar-refractivity contribution in [2.24, 2.45) is 11.3 Å². The van der Waals surface area contributed by atoms with Gasteiger partial charge in [-0.25, -0.2) is 0 Å². The van der Waals surface area contributed by atoms with Crippen LogP contribution in [0.15, 0.2) is 42.5 Å². The van der Waals surface area contributed by atoms with Crippen molar-refractivity contribution in [3.8, 4) is 11.5 Å². The van der Waals surface area contributed by atoms with Gasteiger partial charge < -0.3 is 14.4 Å². The van der Waals surface area contributed by atoms with Gasteiger partial charge in [0.05, 0.1) is 20.3 Å². The third-order valence-electron chi connectivity index (χ3n) is 5.79. The summed E-state index contributed by atoms with van der Waals surface area (Å²) in [5.41, 5.74) is 3.69. The lowest BCUT2D eigenvalue weighted by Gasteiger charge is -2.39. The molecule has 0 aliphatic carbocycles. The summed E-state index contributed by atoms with van der Waals surface area (Å²) in [5.74, 6) is 2.01. The predicted molar refractivity (Wildman–Crippen MR) is 121 cm³/mol. The van der Waals surface area contributed by atoms with E-state index in [-0.39, 0.29) is 17.4 Å². The maximum absolute atomic E-state index is 13.4. The minimum atomic E-state index is -0.107. The van der Waals surface area contributed by atoms with E-state index in [4.69, 9.17) is 9.47 Å². The van der Waals surface area contributed by atoms with E-state index in [0.29, 0.717) is 24.6 Å². The Kier molecular flexibility index (Phi) is 6.74. The summed E-state index contributed by atoms with van der Waals surface area (Å²) in [4.78, 5) is 15.5. The van der Waals surface area contributed by atoms with Crippen LogP contribution in [0.4, 0.5) is 0 Å². The molecule has 0 spiro atoms. The van der Waals surface area contributed by atoms with Crippen LogP contribution >= 0.6 is 0 Å². The highest BCUT2D eigenvalue weighted by molar-refractivity contribution is 5.78. The molecule has 0 saturated heterocycles. The zero-order valence-corrected chi connectivity index (χ0v) is 19.2. The van der Waals surface area contributed by atoms with Crippen LogP contribution in [0.2, 0.25) is 0 Å². The third-order valence-corrected chi connectivity index (χ3v) is 5.79. The zero-order valence-electron chi connectivity index (χ0n) is 19.2. The van der Waals surface area contributed by atoms with Crippen molar-refractivity contribution < 1.29 is 14.3 Å². The van der Waals surface area contributed by atoms with Gasteiger partial charge in [0.2, 0.25) is 5.91 Å². The molecular weight excluding hydrogens is 374 g/mol. The van der Waals surface area contributed by atoms with Crippen LogP contribution in [0.5, 0.6) is 11.5 Å². The standard InChI is InChI=1S/C26H35NO3/c1-18(17-26(2,3)4)14-24(28)27-13-12-20-15-22(29-5)23(30-6)16-21(20)25(27)19-10-8-7-9-11-19/h7-11,15-16,18,25H,12-14,17H2,1-6H3/t18-,25+/m1/s1. The van der Waals surface area contributed by atoms with Gasteiger partial charge in [0.1, 0.15) is 0 Å². The van der Waals surface area contributed by atoms with E-state index in [0.717, 1.165) is 29.7 Å². The monoisotopic (exact) mass is 409 g/mol. The van der Waals surface area contributed by atoms with Crippen LogP contribution in [0.1, 0.15) is 63.3 Å². The Balaban J connectivity index is 1.98. The molecule has 0 unspecified atom stereocenters. The molecule has 3 rings (SSSR count). The highest BCUT2D eigenvalue weighted by Gasteiger charge is 2.34. The summed E-state index contributed by atoms with van der Waals surface area (Å²) in [6, 6.07) is 14.3. The minimum absolute atomic E-state index is 0.107. The van der Waals surface area contributed by atoms with Crippen molar-refractivity contribution in [1.82, 2.24) is 4.90 Å². The van der Waals surface area contributed by atoms with E-state index in [1.54, 1.807) is 14.2 Å². The average Bonchev–Trinajstić information content (AvgIpc) is 2.70. The lowest BCUT2D eigenvalue weighted by molar-refractivity contribution is -0.134. The Hall–Kier alpha value is -2.49. The number of carbonyl (C=O) groups excluding carboxylic acids is 1. The van der Waals surface area contributed by atoms with E-state index in [1.807, 2.05) is 24.3 Å². The molecule has 4 heteroatoms. The fourth-order valence-electron chi connectivity index (χ4n) is 4.74. The first-order chi connectivity index (χ1) is 14.2. The number of benzene rings is 2. The first kappa shape index (κ1) is 22.2. The van der Waals surface area contributed by atoms with Crippen LogP contribution in [0.25, 0.3) is 0 Å². The summed E-state index contributed by atoms with van der Waals surface area (Å²) >= 11 is 0. The number of nitrogens with zero attached hydrogens (tertiary/aromatic N) is 1. The number of hydrogen-bond donors (Lipinski definition) is 0. The quantitative estimate of drug-likeness (QED) is 0.620. The Morgan fingerprint density at radius 3 is 2.33 bits per heavy atom. The minimum Gasteiger partial charge on any atom is -0.493 e. The number of ether oxygens (including phenoxy) is 2. The topological polar surface area (TPSA) is 38.8 Å². The van der Waals surface area contributed by atoms with Gasteiger partial charge in [-0.15, -0.1) is 0 Å². The molecule has 0 radical (unpaired) electrons. The van der Waals surface area contributed by atoms with Crippen LogP contribution in [0, 0.1) is 11.3 Å². The van der Waals surface area contributed by atoms with Crippen LogP contribution < -0.4 is 9.47 Å². The van der Waals surface area contributed by atoms with Crippen LogP contribution in [0.3, 0.4) is 0 Å². The number of carbonyl (C=O) groups is 1. The van der Waals surface area contributed by atoms with E-state index in [2.05, 4.69) is 50.8 Å². The normalized spacial score (nSPS) is 17.3. The summed E-state index contributed by atoms with van der Waals surface area (Å²) in [5, 5.41) is 0. The summed E-state index contributed by atoms with van der Waals surface area (Å²) in [6.45, 7) is 9.60. The molecule has 1 aliphatic rings. The van der Waals surface area contributed by atoms with Crippen molar-refractivity contribution in [3.63, 3.8) is 0 Å². The maximum Gasteiger partial charge on any atom is 0.223 e. The molecule has 0 aromatic heterocycles. The molecule has 0 N–H and O–H groups in total. The van der Waals surface area contributed by atoms with E-state index in [9.17, 15) is 4.79 Å². The molecule has 0 fully saturated rings. The van der Waals surface area contributed by atoms with Gasteiger partial charge in [0.25, 0.3) is 0 Å².